The van der Waals surface area contributed by atoms with Gasteiger partial charge in [0.2, 0.25) is 0 Å². The lowest BCUT2D eigenvalue weighted by Gasteiger charge is -2.20. The van der Waals surface area contributed by atoms with E-state index < -0.39 is 5.97 Å². The van der Waals surface area contributed by atoms with Crippen LogP contribution in [0.4, 0.5) is 4.79 Å². The maximum Gasteiger partial charge on any atom is 0.330 e. The maximum atomic E-state index is 12.3. The third kappa shape index (κ3) is 3.47. The molecular weight excluding hydrogens is 262 g/mol. The number of nitrogens with zero attached hydrogens (tertiary/aromatic N) is 3. The first-order valence-electron chi connectivity index (χ1n) is 6.16. The van der Waals surface area contributed by atoms with Gasteiger partial charge >= 0.3 is 12.0 Å². The van der Waals surface area contributed by atoms with Crippen LogP contribution in [-0.2, 0) is 16.1 Å². The summed E-state index contributed by atoms with van der Waals surface area (Å²) in [6.07, 6.45) is 5.90. The topological polar surface area (TPSA) is 77.6 Å². The smallest absolute Gasteiger partial charge is 0.330 e. The summed E-state index contributed by atoms with van der Waals surface area (Å²) in [6.45, 7) is 2.02. The van der Waals surface area contributed by atoms with Crippen LogP contribution in [0.1, 0.15) is 12.7 Å². The van der Waals surface area contributed by atoms with Crippen LogP contribution in [0, 0.1) is 0 Å². The van der Waals surface area contributed by atoms with E-state index in [4.69, 9.17) is 9.15 Å². The van der Waals surface area contributed by atoms with Gasteiger partial charge in [-0.2, -0.15) is 0 Å². The molecule has 0 saturated carbocycles. The summed E-state index contributed by atoms with van der Waals surface area (Å²) < 4.78 is 11.4. The van der Waals surface area contributed by atoms with Crippen LogP contribution in [0.2, 0.25) is 0 Å². The van der Waals surface area contributed by atoms with Gasteiger partial charge in [0.25, 0.3) is 0 Å². The highest BCUT2D eigenvalue weighted by Gasteiger charge is 2.20. The molecule has 7 nitrogen and oxygen atoms in total. The lowest BCUT2D eigenvalue weighted by atomic mass is 10.4. The molecule has 0 saturated heterocycles. The van der Waals surface area contributed by atoms with E-state index in [9.17, 15) is 9.59 Å². The van der Waals surface area contributed by atoms with Crippen LogP contribution in [0.15, 0.2) is 41.5 Å². The van der Waals surface area contributed by atoms with Crippen molar-refractivity contribution in [3.63, 3.8) is 0 Å². The summed E-state index contributed by atoms with van der Waals surface area (Å²) in [7, 11) is 0. The average Bonchev–Trinajstić information content (AvgIpc) is 3.10. The van der Waals surface area contributed by atoms with E-state index in [1.54, 1.807) is 19.1 Å². The number of hydrogen-bond acceptors (Lipinski definition) is 5. The molecule has 1 amide bonds. The molecular formula is C13H15N3O4. The second-order valence-electron chi connectivity index (χ2n) is 3.99. The van der Waals surface area contributed by atoms with Crippen molar-refractivity contribution in [2.24, 2.45) is 0 Å². The summed E-state index contributed by atoms with van der Waals surface area (Å²) in [6, 6.07) is 3.09. The highest BCUT2D eigenvalue weighted by molar-refractivity contribution is 5.82. The van der Waals surface area contributed by atoms with Gasteiger partial charge in [-0.3, -0.25) is 9.36 Å². The minimum absolute atomic E-state index is 0.147. The van der Waals surface area contributed by atoms with Crippen molar-refractivity contribution in [2.75, 3.05) is 13.2 Å². The van der Waals surface area contributed by atoms with Gasteiger partial charge in [0.1, 0.15) is 18.6 Å². The van der Waals surface area contributed by atoms with Crippen molar-refractivity contribution >= 4 is 12.0 Å². The number of rotatable bonds is 5. The molecule has 20 heavy (non-hydrogen) atoms. The highest BCUT2D eigenvalue weighted by Crippen LogP contribution is 2.07. The Balaban J connectivity index is 2.10. The van der Waals surface area contributed by atoms with E-state index in [0.29, 0.717) is 5.76 Å². The van der Waals surface area contributed by atoms with Gasteiger partial charge in [-0.05, 0) is 19.1 Å². The van der Waals surface area contributed by atoms with Gasteiger partial charge in [0.05, 0.1) is 19.4 Å². The van der Waals surface area contributed by atoms with Crippen LogP contribution >= 0.6 is 0 Å². The van der Waals surface area contributed by atoms with Gasteiger partial charge in [-0.25, -0.2) is 9.78 Å². The molecule has 0 bridgehead atoms. The molecule has 0 aliphatic rings. The van der Waals surface area contributed by atoms with Gasteiger partial charge in [0.15, 0.2) is 0 Å². The fourth-order valence-corrected chi connectivity index (χ4v) is 1.68. The summed E-state index contributed by atoms with van der Waals surface area (Å²) in [5.74, 6) is 0.121. The minimum Gasteiger partial charge on any atom is -0.467 e. The lowest BCUT2D eigenvalue weighted by Crippen LogP contribution is -2.38. The van der Waals surface area contributed by atoms with Crippen molar-refractivity contribution in [3.05, 3.63) is 42.9 Å². The van der Waals surface area contributed by atoms with E-state index in [0.717, 1.165) is 0 Å². The van der Waals surface area contributed by atoms with Crippen LogP contribution in [0.3, 0.4) is 0 Å². The van der Waals surface area contributed by atoms with Gasteiger partial charge in [-0.1, -0.05) is 0 Å². The fourth-order valence-electron chi connectivity index (χ4n) is 1.68. The zero-order valence-corrected chi connectivity index (χ0v) is 11.1. The molecule has 2 aromatic rings. The monoisotopic (exact) mass is 277 g/mol. The second-order valence-corrected chi connectivity index (χ2v) is 3.99. The Morgan fingerprint density at radius 1 is 1.50 bits per heavy atom. The third-order valence-corrected chi connectivity index (χ3v) is 2.55. The highest BCUT2D eigenvalue weighted by atomic mass is 16.5. The first kappa shape index (κ1) is 13.9. The molecule has 7 heteroatoms. The van der Waals surface area contributed by atoms with Gasteiger partial charge in [-0.15, -0.1) is 0 Å². The Labute approximate surface area is 115 Å². The zero-order valence-electron chi connectivity index (χ0n) is 11.1. The Morgan fingerprint density at radius 3 is 2.95 bits per heavy atom. The molecule has 0 atom stereocenters. The Bertz CT molecular complexity index is 548. The number of carbonyl (C=O) groups is 2. The molecule has 0 fully saturated rings. The molecule has 0 aliphatic carbocycles. The van der Waals surface area contributed by atoms with Crippen molar-refractivity contribution < 1.29 is 18.7 Å². The quantitative estimate of drug-likeness (QED) is 0.774. The molecule has 0 spiro atoms. The summed E-state index contributed by atoms with van der Waals surface area (Å²) in [4.78, 5) is 29.0. The Kier molecular flexibility index (Phi) is 4.54. The van der Waals surface area contributed by atoms with Crippen LogP contribution < -0.4 is 0 Å². The third-order valence-electron chi connectivity index (χ3n) is 2.55. The predicted molar refractivity (Wildman–Crippen MR) is 68.8 cm³/mol. The summed E-state index contributed by atoms with van der Waals surface area (Å²) in [5.41, 5.74) is 0. The number of amides is 1. The number of aromatic nitrogens is 2. The van der Waals surface area contributed by atoms with E-state index in [1.807, 2.05) is 0 Å². The van der Waals surface area contributed by atoms with E-state index in [-0.39, 0.29) is 25.7 Å². The Hall–Kier alpha value is -2.57. The zero-order chi connectivity index (χ0) is 14.4. The predicted octanol–water partition coefficient (Wildman–Crippen LogP) is 1.51. The molecule has 0 aromatic carbocycles. The SMILES string of the molecule is CCOC(=O)CN(Cc1ccco1)C(=O)n1ccnc1. The Morgan fingerprint density at radius 2 is 2.35 bits per heavy atom. The molecule has 2 rings (SSSR count). The second kappa shape index (κ2) is 6.55. The minimum atomic E-state index is -0.465. The van der Waals surface area contributed by atoms with Crippen LogP contribution in [-0.4, -0.2) is 39.6 Å². The standard InChI is InChI=1S/C13H15N3O4/c1-2-19-12(17)9-16(8-11-4-3-7-20-11)13(18)15-6-5-14-10-15/h3-7,10H,2,8-9H2,1H3. The van der Waals surface area contributed by atoms with E-state index in [2.05, 4.69) is 4.98 Å². The molecule has 2 heterocycles. The first-order valence-corrected chi connectivity index (χ1v) is 6.16. The molecule has 2 aromatic heterocycles. The van der Waals surface area contributed by atoms with Gasteiger partial charge in [0, 0.05) is 12.4 Å². The molecule has 0 unspecified atom stereocenters. The molecule has 0 N–H and O–H groups in total. The maximum absolute atomic E-state index is 12.3. The number of carbonyl (C=O) groups excluding carboxylic acids is 2. The van der Waals surface area contributed by atoms with E-state index >= 15 is 0 Å². The van der Waals surface area contributed by atoms with Crippen molar-refractivity contribution in [3.8, 4) is 0 Å². The summed E-state index contributed by atoms with van der Waals surface area (Å²) >= 11 is 0. The molecule has 0 aliphatic heterocycles. The van der Waals surface area contributed by atoms with Gasteiger partial charge < -0.3 is 14.1 Å². The molecule has 0 radical (unpaired) electrons. The number of imidazole rings is 1. The lowest BCUT2D eigenvalue weighted by molar-refractivity contribution is -0.143. The first-order chi connectivity index (χ1) is 9.70. The largest absolute Gasteiger partial charge is 0.467 e. The fraction of sp³-hybridized carbons (Fsp3) is 0.308. The van der Waals surface area contributed by atoms with E-state index in [1.165, 1.54) is 34.5 Å². The summed E-state index contributed by atoms with van der Waals surface area (Å²) in [5, 5.41) is 0. The number of ether oxygens (including phenoxy) is 1. The van der Waals surface area contributed by atoms with Crippen molar-refractivity contribution in [1.29, 1.82) is 0 Å². The number of hydrogen-bond donors (Lipinski definition) is 0. The number of furan rings is 1. The van der Waals surface area contributed by atoms with Crippen molar-refractivity contribution in [1.82, 2.24) is 14.5 Å². The molecule has 106 valence electrons. The average molecular weight is 277 g/mol. The number of esters is 1. The van der Waals surface area contributed by atoms with Crippen molar-refractivity contribution in [2.45, 2.75) is 13.5 Å². The van der Waals surface area contributed by atoms with Crippen LogP contribution in [0.25, 0.3) is 0 Å². The normalized spacial score (nSPS) is 10.2. The van der Waals surface area contributed by atoms with Crippen LogP contribution in [0.5, 0.6) is 0 Å².